The van der Waals surface area contributed by atoms with E-state index in [0.29, 0.717) is 60.2 Å². The Balaban J connectivity index is 1.47. The summed E-state index contributed by atoms with van der Waals surface area (Å²) in [5.41, 5.74) is 0.502. The maximum atomic E-state index is 11.1. The van der Waals surface area contributed by atoms with Crippen molar-refractivity contribution in [3.63, 3.8) is 0 Å². The molecule has 0 radical (unpaired) electrons. The van der Waals surface area contributed by atoms with Crippen molar-refractivity contribution in [2.45, 2.75) is 97.5 Å². The van der Waals surface area contributed by atoms with E-state index in [2.05, 4.69) is 20.8 Å². The van der Waals surface area contributed by atoms with Gasteiger partial charge in [0.05, 0.1) is 6.10 Å². The standard InChI is InChI=1S/C24H40O6S/c1-15(4-9-22(25)26)19-7-8-20-18-6-5-16-14-17(30-31(27,28)29)10-12-23(16,2)21(18)11-13-24(19,20)3/h15-21H,4-14H2,1-3H3,(H,25,26)(H,27,28,29)/p-2/t15-,16-,17-,18+,19-,20+,21+,23+,24-/m1/s1. The van der Waals surface area contributed by atoms with Gasteiger partial charge in [0.15, 0.2) is 0 Å². The smallest absolute Gasteiger partial charge is 0.217 e. The summed E-state index contributed by atoms with van der Waals surface area (Å²) in [6, 6.07) is 0. The zero-order valence-corrected chi connectivity index (χ0v) is 20.0. The Labute approximate surface area is 187 Å². The zero-order chi connectivity index (χ0) is 22.6. The Morgan fingerprint density at radius 3 is 2.39 bits per heavy atom. The average molecular weight is 455 g/mol. The van der Waals surface area contributed by atoms with Crippen LogP contribution in [0.3, 0.4) is 0 Å². The van der Waals surface area contributed by atoms with Crippen molar-refractivity contribution in [2.75, 3.05) is 0 Å². The quantitative estimate of drug-likeness (QED) is 0.448. The van der Waals surface area contributed by atoms with Crippen molar-refractivity contribution in [1.29, 1.82) is 0 Å². The Morgan fingerprint density at radius 1 is 1.03 bits per heavy atom. The van der Waals surface area contributed by atoms with Crippen LogP contribution in [-0.2, 0) is 19.4 Å². The second-order valence-corrected chi connectivity index (χ2v) is 12.7. The molecule has 0 aromatic heterocycles. The summed E-state index contributed by atoms with van der Waals surface area (Å²) in [6.07, 6.45) is 9.84. The number of aliphatic carboxylic acids is 1. The van der Waals surface area contributed by atoms with Crippen molar-refractivity contribution in [3.05, 3.63) is 0 Å². The first-order valence-electron chi connectivity index (χ1n) is 12.3. The normalized spacial score (nSPS) is 45.9. The van der Waals surface area contributed by atoms with Crippen molar-refractivity contribution in [2.24, 2.45) is 46.3 Å². The maximum Gasteiger partial charge on any atom is 0.217 e. The number of hydrogen-bond donors (Lipinski definition) is 0. The number of carbonyl (C=O) groups is 1. The number of rotatable bonds is 6. The van der Waals surface area contributed by atoms with E-state index < -0.39 is 22.5 Å². The molecule has 4 saturated carbocycles. The maximum absolute atomic E-state index is 11.1. The van der Waals surface area contributed by atoms with Gasteiger partial charge in [-0.05, 0) is 117 Å². The molecule has 0 saturated heterocycles. The number of carbonyl (C=O) groups excluding carboxylic acids is 1. The van der Waals surface area contributed by atoms with Crippen LogP contribution in [0.4, 0.5) is 0 Å². The Morgan fingerprint density at radius 2 is 1.71 bits per heavy atom. The van der Waals surface area contributed by atoms with E-state index >= 15 is 0 Å². The zero-order valence-electron chi connectivity index (χ0n) is 19.2. The predicted octanol–water partition coefficient (Wildman–Crippen LogP) is 3.66. The van der Waals surface area contributed by atoms with Gasteiger partial charge in [-0.3, -0.25) is 4.18 Å². The highest BCUT2D eigenvalue weighted by atomic mass is 32.3. The van der Waals surface area contributed by atoms with E-state index in [1.807, 2.05) is 0 Å². The summed E-state index contributed by atoms with van der Waals surface area (Å²) in [6.45, 7) is 7.12. The minimum Gasteiger partial charge on any atom is -0.726 e. The lowest BCUT2D eigenvalue weighted by Crippen LogP contribution is -2.54. The fourth-order valence-electron chi connectivity index (χ4n) is 8.99. The second kappa shape index (κ2) is 8.28. The minimum absolute atomic E-state index is 0.159. The van der Waals surface area contributed by atoms with E-state index in [1.54, 1.807) is 0 Å². The minimum atomic E-state index is -4.64. The molecule has 178 valence electrons. The lowest BCUT2D eigenvalue weighted by Gasteiger charge is -2.61. The van der Waals surface area contributed by atoms with Crippen molar-refractivity contribution >= 4 is 16.4 Å². The number of carboxylic acids is 1. The van der Waals surface area contributed by atoms with Gasteiger partial charge < -0.3 is 14.5 Å². The van der Waals surface area contributed by atoms with Crippen LogP contribution >= 0.6 is 0 Å². The van der Waals surface area contributed by atoms with E-state index in [1.165, 1.54) is 32.1 Å². The second-order valence-electron chi connectivity index (χ2n) is 11.7. The molecule has 0 unspecified atom stereocenters. The highest BCUT2D eigenvalue weighted by molar-refractivity contribution is 7.80. The number of fused-ring (bicyclic) bond motifs is 5. The third kappa shape index (κ3) is 4.31. The summed E-state index contributed by atoms with van der Waals surface area (Å²) < 4.78 is 38.1. The van der Waals surface area contributed by atoms with Crippen molar-refractivity contribution in [1.82, 2.24) is 0 Å². The van der Waals surface area contributed by atoms with E-state index in [9.17, 15) is 22.9 Å². The molecule has 4 aliphatic carbocycles. The Kier molecular flexibility index (Phi) is 6.28. The monoisotopic (exact) mass is 454 g/mol. The molecule has 0 heterocycles. The molecular weight excluding hydrogens is 416 g/mol. The molecule has 0 amide bonds. The van der Waals surface area contributed by atoms with Crippen LogP contribution in [0, 0.1) is 46.3 Å². The first-order valence-corrected chi connectivity index (χ1v) is 13.6. The van der Waals surface area contributed by atoms with Crippen LogP contribution in [-0.4, -0.2) is 25.0 Å². The van der Waals surface area contributed by atoms with Gasteiger partial charge in [-0.25, -0.2) is 8.42 Å². The summed E-state index contributed by atoms with van der Waals surface area (Å²) in [7, 11) is -4.64. The van der Waals surface area contributed by atoms with Crippen molar-refractivity contribution < 1.29 is 27.1 Å². The molecule has 6 nitrogen and oxygen atoms in total. The van der Waals surface area contributed by atoms with Gasteiger partial charge in [0, 0.05) is 5.97 Å². The summed E-state index contributed by atoms with van der Waals surface area (Å²) >= 11 is 0. The van der Waals surface area contributed by atoms with E-state index in [4.69, 9.17) is 4.18 Å². The predicted molar refractivity (Wildman–Crippen MR) is 113 cm³/mol. The molecule has 0 spiro atoms. The van der Waals surface area contributed by atoms with E-state index in [0.717, 1.165) is 12.8 Å². The van der Waals surface area contributed by atoms with Crippen LogP contribution < -0.4 is 5.11 Å². The van der Waals surface area contributed by atoms with Gasteiger partial charge in [-0.2, -0.15) is 0 Å². The highest BCUT2D eigenvalue weighted by Gasteiger charge is 2.60. The summed E-state index contributed by atoms with van der Waals surface area (Å²) in [5, 5.41) is 11.0. The van der Waals surface area contributed by atoms with Crippen LogP contribution in [0.5, 0.6) is 0 Å². The topological polar surface area (TPSA) is 107 Å². The van der Waals surface area contributed by atoms with Gasteiger partial charge in [-0.15, -0.1) is 0 Å². The van der Waals surface area contributed by atoms with E-state index in [-0.39, 0.29) is 11.8 Å². The fraction of sp³-hybridized carbons (Fsp3) is 0.958. The third-order valence-electron chi connectivity index (χ3n) is 10.4. The SMILES string of the molecule is C[C@H](CCC(=O)[O-])[C@H]1CC[C@H]2[C@@H]3CC[C@@H]4C[C@H](OS(=O)(=O)[O-])CC[C@]4(C)[C@H]3CC[C@]12C. The number of hydrogen-bond acceptors (Lipinski definition) is 6. The first kappa shape index (κ1) is 23.5. The van der Waals surface area contributed by atoms with Crippen LogP contribution in [0.1, 0.15) is 91.4 Å². The average Bonchev–Trinajstić information content (AvgIpc) is 3.02. The Hall–Kier alpha value is -0.660. The van der Waals surface area contributed by atoms with Crippen molar-refractivity contribution in [3.8, 4) is 0 Å². The largest absolute Gasteiger partial charge is 0.726 e. The third-order valence-corrected chi connectivity index (χ3v) is 10.9. The van der Waals surface area contributed by atoms with Gasteiger partial charge in [-0.1, -0.05) is 20.8 Å². The van der Waals surface area contributed by atoms with Gasteiger partial charge >= 0.3 is 0 Å². The molecule has 9 atom stereocenters. The molecular formula is C24H38O6S-2. The lowest BCUT2D eigenvalue weighted by atomic mass is 9.44. The Bertz CT molecular complexity index is 796. The summed E-state index contributed by atoms with van der Waals surface area (Å²) in [5.74, 6) is 2.57. The molecule has 7 heteroatoms. The molecule has 0 N–H and O–H groups in total. The molecule has 31 heavy (non-hydrogen) atoms. The number of carboxylic acid groups (broad SMARTS) is 1. The highest BCUT2D eigenvalue weighted by Crippen LogP contribution is 2.68. The molecule has 0 aromatic carbocycles. The molecule has 4 fully saturated rings. The first-order chi connectivity index (χ1) is 14.4. The van der Waals surface area contributed by atoms with Crippen LogP contribution in [0.2, 0.25) is 0 Å². The summed E-state index contributed by atoms with van der Waals surface area (Å²) in [4.78, 5) is 11.0. The molecule has 0 bridgehead atoms. The lowest BCUT2D eigenvalue weighted by molar-refractivity contribution is -0.306. The van der Waals surface area contributed by atoms with Crippen LogP contribution in [0.25, 0.3) is 0 Å². The van der Waals surface area contributed by atoms with Crippen LogP contribution in [0.15, 0.2) is 0 Å². The van der Waals surface area contributed by atoms with Gasteiger partial charge in [0.2, 0.25) is 10.4 Å². The molecule has 4 aliphatic rings. The molecule has 4 rings (SSSR count). The van der Waals surface area contributed by atoms with Gasteiger partial charge in [0.25, 0.3) is 0 Å². The fourth-order valence-corrected chi connectivity index (χ4v) is 9.50. The molecule has 0 aliphatic heterocycles. The molecule has 0 aromatic rings. The van der Waals surface area contributed by atoms with Gasteiger partial charge in [0.1, 0.15) is 0 Å².